The van der Waals surface area contributed by atoms with Crippen molar-refractivity contribution in [1.29, 1.82) is 0 Å². The molecule has 2 aromatic rings. The Morgan fingerprint density at radius 1 is 1.20 bits per heavy atom. The van der Waals surface area contributed by atoms with E-state index < -0.39 is 6.17 Å². The largest absolute Gasteiger partial charge is 0.312 e. The van der Waals surface area contributed by atoms with E-state index in [4.69, 9.17) is 11.6 Å². The highest BCUT2D eigenvalue weighted by Crippen LogP contribution is 2.29. The molecule has 1 aliphatic heterocycles. The molecule has 128 valence electrons. The number of benzene rings is 2. The van der Waals surface area contributed by atoms with Crippen LogP contribution in [0.3, 0.4) is 0 Å². The Morgan fingerprint density at radius 3 is 2.60 bits per heavy atom. The van der Waals surface area contributed by atoms with Crippen LogP contribution < -0.4 is 15.8 Å². The number of aliphatic imine (C=N–C) groups is 1. The third-order valence-corrected chi connectivity index (χ3v) is 4.07. The first kappa shape index (κ1) is 17.1. The molecule has 7 heteroatoms. The number of hydrazine groups is 1. The minimum Gasteiger partial charge on any atom is -0.312 e. The Balaban J connectivity index is 2.16. The van der Waals surface area contributed by atoms with E-state index in [2.05, 4.69) is 15.8 Å². The fourth-order valence-corrected chi connectivity index (χ4v) is 2.81. The molecule has 0 saturated carbocycles. The smallest absolute Gasteiger partial charge is 0.267 e. The lowest BCUT2D eigenvalue weighted by Crippen LogP contribution is -2.50. The maximum Gasteiger partial charge on any atom is 0.267 e. The summed E-state index contributed by atoms with van der Waals surface area (Å²) >= 11 is 6.17. The van der Waals surface area contributed by atoms with Crippen LogP contribution in [0.15, 0.2) is 53.5 Å². The molecule has 1 unspecified atom stereocenters. The summed E-state index contributed by atoms with van der Waals surface area (Å²) in [5.74, 6) is -0.597. The molecule has 0 aromatic heterocycles. The standard InChI is InChI=1S/C18H17ClN4O2/c1-11(24)21-22-17-18(25)23(2)15-9-8-13(19)10-14(15)16(20-17)12-6-4-3-5-7-12/h3-10,17,22H,1-2H3,(H,21,24). The predicted molar refractivity (Wildman–Crippen MR) is 97.7 cm³/mol. The summed E-state index contributed by atoms with van der Waals surface area (Å²) in [5, 5.41) is 0.552. The minimum absolute atomic E-state index is 0.289. The van der Waals surface area contributed by atoms with Crippen LogP contribution in [-0.4, -0.2) is 30.7 Å². The van der Waals surface area contributed by atoms with Crippen molar-refractivity contribution in [3.05, 3.63) is 64.7 Å². The molecular formula is C18H17ClN4O2. The molecular weight excluding hydrogens is 340 g/mol. The monoisotopic (exact) mass is 356 g/mol. The van der Waals surface area contributed by atoms with Crippen LogP contribution in [0, 0.1) is 0 Å². The van der Waals surface area contributed by atoms with Crippen LogP contribution in [0.4, 0.5) is 5.69 Å². The second-order valence-corrected chi connectivity index (χ2v) is 6.07. The molecule has 0 bridgehead atoms. The number of fused-ring (bicyclic) bond motifs is 1. The summed E-state index contributed by atoms with van der Waals surface area (Å²) in [6.07, 6.45) is -0.949. The molecule has 2 N–H and O–H groups in total. The van der Waals surface area contributed by atoms with Gasteiger partial charge in [-0.3, -0.25) is 20.0 Å². The number of anilines is 1. The molecule has 0 fully saturated rings. The number of likely N-dealkylation sites (N-methyl/N-ethyl adjacent to an activating group) is 1. The summed E-state index contributed by atoms with van der Waals surface area (Å²) < 4.78 is 0. The van der Waals surface area contributed by atoms with E-state index in [9.17, 15) is 9.59 Å². The molecule has 3 rings (SSSR count). The molecule has 0 radical (unpaired) electrons. The molecule has 0 saturated heterocycles. The Labute approximate surface area is 150 Å². The second kappa shape index (κ2) is 7.04. The maximum atomic E-state index is 12.8. The highest BCUT2D eigenvalue weighted by Gasteiger charge is 2.30. The van der Waals surface area contributed by atoms with Gasteiger partial charge in [-0.2, -0.15) is 0 Å². The quantitative estimate of drug-likeness (QED) is 0.827. The van der Waals surface area contributed by atoms with Crippen molar-refractivity contribution in [2.75, 3.05) is 11.9 Å². The molecule has 0 aliphatic carbocycles. The minimum atomic E-state index is -0.949. The average Bonchev–Trinajstić information content (AvgIpc) is 2.70. The number of nitrogens with zero attached hydrogens (tertiary/aromatic N) is 2. The summed E-state index contributed by atoms with van der Waals surface area (Å²) in [5.41, 5.74) is 8.04. The number of rotatable bonds is 3. The number of nitrogens with one attached hydrogen (secondary N) is 2. The first-order valence-electron chi connectivity index (χ1n) is 7.70. The number of amides is 2. The van der Waals surface area contributed by atoms with Crippen molar-refractivity contribution in [3.63, 3.8) is 0 Å². The van der Waals surface area contributed by atoms with Gasteiger partial charge in [-0.25, -0.2) is 5.43 Å². The summed E-state index contributed by atoms with van der Waals surface area (Å²) in [6.45, 7) is 1.36. The normalized spacial score (nSPS) is 16.8. The third-order valence-electron chi connectivity index (χ3n) is 3.83. The van der Waals surface area contributed by atoms with E-state index in [0.29, 0.717) is 16.4 Å². The van der Waals surface area contributed by atoms with E-state index >= 15 is 0 Å². The Bertz CT molecular complexity index is 851. The highest BCUT2D eigenvalue weighted by molar-refractivity contribution is 6.32. The average molecular weight is 357 g/mol. The molecule has 6 nitrogen and oxygen atoms in total. The number of hydrogen-bond donors (Lipinski definition) is 2. The lowest BCUT2D eigenvalue weighted by Gasteiger charge is -2.21. The van der Waals surface area contributed by atoms with Gasteiger partial charge in [0, 0.05) is 30.1 Å². The Morgan fingerprint density at radius 2 is 1.92 bits per heavy atom. The van der Waals surface area contributed by atoms with E-state index in [-0.39, 0.29) is 11.8 Å². The van der Waals surface area contributed by atoms with Gasteiger partial charge in [0.05, 0.1) is 11.4 Å². The predicted octanol–water partition coefficient (Wildman–Crippen LogP) is 2.12. The van der Waals surface area contributed by atoms with Gasteiger partial charge in [-0.15, -0.1) is 0 Å². The van der Waals surface area contributed by atoms with Crippen LogP contribution in [0.5, 0.6) is 0 Å². The zero-order chi connectivity index (χ0) is 18.0. The third kappa shape index (κ3) is 3.55. The SMILES string of the molecule is CC(=O)NNC1N=C(c2ccccc2)c2cc(Cl)ccc2N(C)C1=O. The van der Waals surface area contributed by atoms with Crippen LogP contribution >= 0.6 is 11.6 Å². The van der Waals surface area contributed by atoms with Crippen molar-refractivity contribution < 1.29 is 9.59 Å². The molecule has 2 amide bonds. The van der Waals surface area contributed by atoms with Crippen LogP contribution in [-0.2, 0) is 9.59 Å². The van der Waals surface area contributed by atoms with Gasteiger partial charge in [-0.1, -0.05) is 41.9 Å². The van der Waals surface area contributed by atoms with Gasteiger partial charge in [0.1, 0.15) is 0 Å². The van der Waals surface area contributed by atoms with Crippen LogP contribution in [0.1, 0.15) is 18.1 Å². The fraction of sp³-hybridized carbons (Fsp3) is 0.167. The number of benzodiazepines with no additional fused rings is 1. The fourth-order valence-electron chi connectivity index (χ4n) is 2.64. The highest BCUT2D eigenvalue weighted by atomic mass is 35.5. The number of hydrogen-bond acceptors (Lipinski definition) is 4. The zero-order valence-electron chi connectivity index (χ0n) is 13.8. The van der Waals surface area contributed by atoms with E-state index in [1.807, 2.05) is 30.3 Å². The molecule has 0 spiro atoms. The van der Waals surface area contributed by atoms with Gasteiger partial charge in [0.15, 0.2) is 6.17 Å². The summed E-state index contributed by atoms with van der Waals surface area (Å²) in [4.78, 5) is 30.0. The van der Waals surface area contributed by atoms with Crippen LogP contribution in [0.25, 0.3) is 0 Å². The Hall–Kier alpha value is -2.70. The van der Waals surface area contributed by atoms with E-state index in [1.54, 1.807) is 25.2 Å². The van der Waals surface area contributed by atoms with E-state index in [1.165, 1.54) is 11.8 Å². The number of carbonyl (C=O) groups is 2. The molecule has 25 heavy (non-hydrogen) atoms. The first-order valence-corrected chi connectivity index (χ1v) is 8.08. The van der Waals surface area contributed by atoms with Gasteiger partial charge < -0.3 is 4.90 Å². The summed E-state index contributed by atoms with van der Waals surface area (Å²) in [6, 6.07) is 14.8. The molecule has 2 aromatic carbocycles. The van der Waals surface area contributed by atoms with Crippen molar-refractivity contribution in [2.45, 2.75) is 13.1 Å². The van der Waals surface area contributed by atoms with Crippen molar-refractivity contribution >= 4 is 34.8 Å². The lowest BCUT2D eigenvalue weighted by atomic mass is 10.0. The van der Waals surface area contributed by atoms with E-state index in [0.717, 1.165) is 11.1 Å². The van der Waals surface area contributed by atoms with Gasteiger partial charge in [-0.05, 0) is 18.2 Å². The number of carbonyl (C=O) groups excluding carboxylic acids is 2. The topological polar surface area (TPSA) is 73.8 Å². The molecule has 1 heterocycles. The lowest BCUT2D eigenvalue weighted by molar-refractivity contribution is -0.122. The van der Waals surface area contributed by atoms with Gasteiger partial charge >= 0.3 is 0 Å². The molecule has 1 atom stereocenters. The Kier molecular flexibility index (Phi) is 4.83. The van der Waals surface area contributed by atoms with Crippen molar-refractivity contribution in [1.82, 2.24) is 10.9 Å². The maximum absolute atomic E-state index is 12.8. The van der Waals surface area contributed by atoms with Gasteiger partial charge in [0.25, 0.3) is 5.91 Å². The number of halogens is 1. The van der Waals surface area contributed by atoms with Crippen molar-refractivity contribution in [3.8, 4) is 0 Å². The van der Waals surface area contributed by atoms with Crippen LogP contribution in [0.2, 0.25) is 5.02 Å². The zero-order valence-corrected chi connectivity index (χ0v) is 14.5. The summed E-state index contributed by atoms with van der Waals surface area (Å²) in [7, 11) is 1.67. The van der Waals surface area contributed by atoms with Gasteiger partial charge in [0.2, 0.25) is 5.91 Å². The van der Waals surface area contributed by atoms with Crippen molar-refractivity contribution in [2.24, 2.45) is 4.99 Å². The molecule has 1 aliphatic rings. The second-order valence-electron chi connectivity index (χ2n) is 5.63. The first-order chi connectivity index (χ1) is 12.0.